The van der Waals surface area contributed by atoms with E-state index in [9.17, 15) is 9.59 Å². The molecule has 0 amide bonds. The van der Waals surface area contributed by atoms with E-state index in [-0.39, 0.29) is 11.2 Å². The van der Waals surface area contributed by atoms with Crippen molar-refractivity contribution < 1.29 is 4.74 Å². The average molecular weight is 412 g/mol. The molecule has 2 aromatic carbocycles. The van der Waals surface area contributed by atoms with Crippen LogP contribution in [0.4, 0.5) is 0 Å². The quantitative estimate of drug-likeness (QED) is 0.456. The maximum absolute atomic E-state index is 13.2. The van der Waals surface area contributed by atoms with Crippen LogP contribution in [-0.2, 0) is 14.1 Å². The van der Waals surface area contributed by atoms with Crippen LogP contribution >= 0.6 is 0 Å². The van der Waals surface area contributed by atoms with E-state index >= 15 is 0 Å². The summed E-state index contributed by atoms with van der Waals surface area (Å²) in [5.74, 6) is 0.721. The van der Waals surface area contributed by atoms with Crippen LogP contribution in [0.3, 0.4) is 0 Å². The Hall–Kier alpha value is -4.13. The average Bonchev–Trinajstić information content (AvgIpc) is 3.21. The Bertz CT molecular complexity index is 1570. The third-order valence-corrected chi connectivity index (χ3v) is 5.67. The summed E-state index contributed by atoms with van der Waals surface area (Å²) in [5, 5.41) is 1.46. The van der Waals surface area contributed by atoms with E-state index in [1.807, 2.05) is 65.4 Å². The van der Waals surface area contributed by atoms with Crippen LogP contribution in [-0.4, -0.2) is 25.8 Å². The Morgan fingerprint density at radius 1 is 0.903 bits per heavy atom. The van der Waals surface area contributed by atoms with E-state index in [4.69, 9.17) is 4.74 Å². The van der Waals surface area contributed by atoms with Crippen LogP contribution in [0.2, 0.25) is 0 Å². The molecule has 0 unspecified atom stereocenters. The van der Waals surface area contributed by atoms with Gasteiger partial charge in [0, 0.05) is 31.9 Å². The number of hydrogen-bond donors (Lipinski definition) is 0. The number of ether oxygens (including phenoxy) is 1. The lowest BCUT2D eigenvalue weighted by Gasteiger charge is -2.12. The molecule has 5 aromatic rings. The first kappa shape index (κ1) is 18.9. The van der Waals surface area contributed by atoms with Crippen molar-refractivity contribution in [2.24, 2.45) is 14.1 Å². The molecule has 0 saturated heterocycles. The van der Waals surface area contributed by atoms with Crippen LogP contribution in [0.25, 0.3) is 38.8 Å². The molecule has 0 N–H and O–H groups in total. The highest BCUT2D eigenvalue weighted by Crippen LogP contribution is 2.33. The number of para-hydroxylation sites is 1. The summed E-state index contributed by atoms with van der Waals surface area (Å²) >= 11 is 0. The summed E-state index contributed by atoms with van der Waals surface area (Å²) in [4.78, 5) is 30.4. The van der Waals surface area contributed by atoms with Crippen molar-refractivity contribution in [3.05, 3.63) is 87.8 Å². The third kappa shape index (κ3) is 2.78. The van der Waals surface area contributed by atoms with E-state index in [1.165, 1.54) is 11.6 Å². The Kier molecular flexibility index (Phi) is 4.25. The van der Waals surface area contributed by atoms with E-state index in [2.05, 4.69) is 4.98 Å². The molecule has 7 heteroatoms. The SMILES string of the molecule is COc1ccc(-c2c3c(=O)n(C)c(=O)n(C)c3cn2-c2cccc3cccnc23)cc1. The van der Waals surface area contributed by atoms with Crippen molar-refractivity contribution in [2.75, 3.05) is 7.11 Å². The first-order valence-corrected chi connectivity index (χ1v) is 9.81. The van der Waals surface area contributed by atoms with Crippen molar-refractivity contribution in [2.45, 2.75) is 0 Å². The maximum Gasteiger partial charge on any atom is 0.330 e. The van der Waals surface area contributed by atoms with Gasteiger partial charge in [0.05, 0.1) is 34.9 Å². The minimum Gasteiger partial charge on any atom is -0.497 e. The van der Waals surface area contributed by atoms with Crippen molar-refractivity contribution in [3.8, 4) is 22.7 Å². The van der Waals surface area contributed by atoms with Crippen molar-refractivity contribution >= 4 is 21.8 Å². The molecule has 5 rings (SSSR count). The van der Waals surface area contributed by atoms with Gasteiger partial charge in [-0.2, -0.15) is 0 Å². The Morgan fingerprint density at radius 3 is 2.39 bits per heavy atom. The zero-order valence-corrected chi connectivity index (χ0v) is 17.4. The Morgan fingerprint density at radius 2 is 1.65 bits per heavy atom. The van der Waals surface area contributed by atoms with E-state index in [1.54, 1.807) is 20.4 Å². The second-order valence-electron chi connectivity index (χ2n) is 7.39. The van der Waals surface area contributed by atoms with Gasteiger partial charge in [-0.25, -0.2) is 4.79 Å². The normalized spacial score (nSPS) is 11.3. The molecular weight excluding hydrogens is 392 g/mol. The highest BCUT2D eigenvalue weighted by Gasteiger charge is 2.21. The zero-order chi connectivity index (χ0) is 21.7. The summed E-state index contributed by atoms with van der Waals surface area (Å²) in [6, 6.07) is 17.3. The molecule has 7 nitrogen and oxygen atoms in total. The predicted molar refractivity (Wildman–Crippen MR) is 121 cm³/mol. The number of aryl methyl sites for hydroxylation is 1. The third-order valence-electron chi connectivity index (χ3n) is 5.67. The molecule has 0 aliphatic rings. The second-order valence-corrected chi connectivity index (χ2v) is 7.39. The first-order chi connectivity index (χ1) is 15.0. The fraction of sp³-hybridized carbons (Fsp3) is 0.125. The molecule has 31 heavy (non-hydrogen) atoms. The van der Waals surface area contributed by atoms with Gasteiger partial charge in [0.25, 0.3) is 5.56 Å². The van der Waals surface area contributed by atoms with E-state index in [0.717, 1.165) is 32.5 Å². The molecule has 0 spiro atoms. The number of benzene rings is 2. The zero-order valence-electron chi connectivity index (χ0n) is 17.4. The highest BCUT2D eigenvalue weighted by molar-refractivity contribution is 5.97. The van der Waals surface area contributed by atoms with E-state index < -0.39 is 0 Å². The number of nitrogens with zero attached hydrogens (tertiary/aromatic N) is 4. The molecule has 0 bridgehead atoms. The van der Waals surface area contributed by atoms with Gasteiger partial charge in [-0.15, -0.1) is 0 Å². The molecule has 3 heterocycles. The molecule has 0 fully saturated rings. The maximum atomic E-state index is 13.2. The lowest BCUT2D eigenvalue weighted by atomic mass is 10.1. The molecule has 154 valence electrons. The minimum absolute atomic E-state index is 0.337. The largest absolute Gasteiger partial charge is 0.497 e. The fourth-order valence-electron chi connectivity index (χ4n) is 4.05. The summed E-state index contributed by atoms with van der Waals surface area (Å²) in [6.07, 6.45) is 3.58. The van der Waals surface area contributed by atoms with Crippen molar-refractivity contribution in [3.63, 3.8) is 0 Å². The number of methoxy groups -OCH3 is 1. The molecule has 0 saturated carbocycles. The van der Waals surface area contributed by atoms with Crippen LogP contribution in [0.1, 0.15) is 0 Å². The molecule has 0 atom stereocenters. The monoisotopic (exact) mass is 412 g/mol. The topological polar surface area (TPSA) is 71.0 Å². The Labute approximate surface area is 177 Å². The van der Waals surface area contributed by atoms with Crippen LogP contribution in [0.5, 0.6) is 5.75 Å². The number of rotatable bonds is 3. The van der Waals surface area contributed by atoms with Gasteiger partial charge >= 0.3 is 5.69 Å². The summed E-state index contributed by atoms with van der Waals surface area (Å²) in [7, 11) is 4.78. The standard InChI is InChI=1S/C24H20N4O3/c1-26-19-14-28(18-8-4-6-15-7-5-13-25-21(15)18)22(16-9-11-17(31-3)12-10-16)20(19)23(29)27(2)24(26)30/h4-14H,1-3H3. The lowest BCUT2D eigenvalue weighted by molar-refractivity contribution is 0.415. The molecule has 3 aromatic heterocycles. The van der Waals surface area contributed by atoms with Crippen LogP contribution in [0, 0.1) is 0 Å². The predicted octanol–water partition coefficient (Wildman–Crippen LogP) is 3.25. The van der Waals surface area contributed by atoms with Crippen molar-refractivity contribution in [1.82, 2.24) is 18.7 Å². The van der Waals surface area contributed by atoms with Crippen molar-refractivity contribution in [1.29, 1.82) is 0 Å². The number of pyridine rings is 1. The smallest absolute Gasteiger partial charge is 0.330 e. The second kappa shape index (κ2) is 6.98. The minimum atomic E-state index is -0.369. The molecule has 0 aliphatic carbocycles. The van der Waals surface area contributed by atoms with Gasteiger partial charge < -0.3 is 9.30 Å². The van der Waals surface area contributed by atoms with Crippen LogP contribution in [0.15, 0.2) is 76.6 Å². The highest BCUT2D eigenvalue weighted by atomic mass is 16.5. The summed E-state index contributed by atoms with van der Waals surface area (Å²) in [5.41, 5.74) is 3.03. The first-order valence-electron chi connectivity index (χ1n) is 9.81. The molecular formula is C24H20N4O3. The van der Waals surface area contributed by atoms with Gasteiger partial charge in [-0.1, -0.05) is 18.2 Å². The van der Waals surface area contributed by atoms with Gasteiger partial charge in [0.2, 0.25) is 0 Å². The number of fused-ring (bicyclic) bond motifs is 2. The van der Waals surface area contributed by atoms with E-state index in [0.29, 0.717) is 16.6 Å². The molecule has 0 radical (unpaired) electrons. The lowest BCUT2D eigenvalue weighted by Crippen LogP contribution is -2.36. The Balaban J connectivity index is 1.97. The fourth-order valence-corrected chi connectivity index (χ4v) is 4.05. The number of hydrogen-bond acceptors (Lipinski definition) is 4. The van der Waals surface area contributed by atoms with Gasteiger partial charge in [0.15, 0.2) is 0 Å². The summed E-state index contributed by atoms with van der Waals surface area (Å²) in [6.45, 7) is 0. The summed E-state index contributed by atoms with van der Waals surface area (Å²) < 4.78 is 9.88. The molecule has 0 aliphatic heterocycles. The van der Waals surface area contributed by atoms with Gasteiger partial charge in [-0.3, -0.25) is 18.9 Å². The van der Waals surface area contributed by atoms with Gasteiger partial charge in [-0.05, 0) is 42.0 Å². The van der Waals surface area contributed by atoms with Crippen LogP contribution < -0.4 is 16.0 Å². The van der Waals surface area contributed by atoms with Gasteiger partial charge in [0.1, 0.15) is 5.75 Å². The number of aromatic nitrogens is 4.